The summed E-state index contributed by atoms with van der Waals surface area (Å²) in [7, 11) is 0. The number of carbonyl (C=O) groups excluding carboxylic acids is 1. The number of carbonyl (C=O) groups is 1. The van der Waals surface area contributed by atoms with E-state index in [0.717, 1.165) is 12.8 Å². The summed E-state index contributed by atoms with van der Waals surface area (Å²) in [6.45, 7) is 2.22. The van der Waals surface area contributed by atoms with Crippen molar-refractivity contribution in [2.24, 2.45) is 0 Å². The Morgan fingerprint density at radius 3 is 1.94 bits per heavy atom. The van der Waals surface area contributed by atoms with Crippen molar-refractivity contribution in [1.29, 1.82) is 0 Å². The Bertz CT molecular complexity index is 165. The Morgan fingerprint density at radius 2 is 1.50 bits per heavy atom. The van der Waals surface area contributed by atoms with Crippen molar-refractivity contribution in [3.05, 3.63) is 0 Å². The molecule has 0 spiro atoms. The van der Waals surface area contributed by atoms with Gasteiger partial charge in [0.25, 0.3) is 0 Å². The van der Waals surface area contributed by atoms with E-state index < -0.39 is 10.8 Å². The number of carboxylic acids is 1. The number of hydrogen-bond donors (Lipinski definition) is 0. The van der Waals surface area contributed by atoms with Crippen LogP contribution in [0.2, 0.25) is 0 Å². The molecule has 2 nitrogen and oxygen atoms in total. The third-order valence-electron chi connectivity index (χ3n) is 2.57. The molecule has 0 aliphatic heterocycles. The Labute approximate surface area is 130 Å². The second kappa shape index (κ2) is 14.0. The van der Waals surface area contributed by atoms with E-state index in [9.17, 15) is 9.90 Å². The first-order chi connectivity index (χ1) is 7.18. The summed E-state index contributed by atoms with van der Waals surface area (Å²) in [6.07, 6.45) is 10.6. The molecule has 0 N–H and O–H groups in total. The summed E-state index contributed by atoms with van der Waals surface area (Å²) in [6, 6.07) is 0. The molecule has 0 saturated carbocycles. The Balaban J connectivity index is 0. The minimum absolute atomic E-state index is 0. The molecule has 0 aromatic rings. The van der Waals surface area contributed by atoms with Gasteiger partial charge in [-0.3, -0.25) is 0 Å². The predicted molar refractivity (Wildman–Crippen MR) is 64.9 cm³/mol. The van der Waals surface area contributed by atoms with Crippen LogP contribution in [-0.2, 0) is 4.79 Å². The molecule has 4 heteroatoms. The van der Waals surface area contributed by atoms with Crippen LogP contribution in [0.1, 0.15) is 64.7 Å². The number of aliphatic carboxylic acids is 1. The third-order valence-corrected chi connectivity index (χ3v) is 3.40. The number of carboxylic acid groups (broad SMARTS) is 1. The van der Waals surface area contributed by atoms with E-state index in [1.54, 1.807) is 0 Å². The molecular weight excluding hydrogens is 279 g/mol. The van der Waals surface area contributed by atoms with Crippen LogP contribution in [0.25, 0.3) is 0 Å². The van der Waals surface area contributed by atoms with Crippen molar-refractivity contribution in [3.63, 3.8) is 0 Å². The molecule has 16 heavy (non-hydrogen) atoms. The summed E-state index contributed by atoms with van der Waals surface area (Å²) in [5, 5.41) is 10.4. The number of hydrogen-bond acceptors (Lipinski definition) is 2. The molecule has 0 aliphatic carbocycles. The minimum Gasteiger partial charge on any atom is -0.549 e. The Kier molecular flexibility index (Phi) is 16.9. The molecule has 0 rings (SSSR count). The van der Waals surface area contributed by atoms with Crippen LogP contribution in [0, 0.1) is 0 Å². The molecule has 1 unspecified atom stereocenters. The molecule has 0 bridgehead atoms. The summed E-state index contributed by atoms with van der Waals surface area (Å²) >= 11 is 3.08. The normalized spacial score (nSPS) is 11.9. The maximum atomic E-state index is 10.4. The SMILES string of the molecule is CCCCCCCCCCC(Br)C(=O)[O-].[Na+]. The number of rotatable bonds is 10. The molecule has 0 saturated heterocycles. The second-order valence-corrected chi connectivity index (χ2v) is 5.16. The summed E-state index contributed by atoms with van der Waals surface area (Å²) in [4.78, 5) is 9.92. The van der Waals surface area contributed by atoms with Crippen LogP contribution >= 0.6 is 15.9 Å². The average molecular weight is 301 g/mol. The minimum atomic E-state index is -0.988. The number of unbranched alkanes of at least 4 members (excludes halogenated alkanes) is 7. The van der Waals surface area contributed by atoms with E-state index in [4.69, 9.17) is 0 Å². The first-order valence-electron chi connectivity index (χ1n) is 6.03. The van der Waals surface area contributed by atoms with Crippen LogP contribution < -0.4 is 34.7 Å². The van der Waals surface area contributed by atoms with Gasteiger partial charge in [-0.25, -0.2) is 0 Å². The topological polar surface area (TPSA) is 40.1 Å². The molecule has 1 atom stereocenters. The van der Waals surface area contributed by atoms with Crippen LogP contribution in [0.4, 0.5) is 0 Å². The fraction of sp³-hybridized carbons (Fsp3) is 0.917. The van der Waals surface area contributed by atoms with Gasteiger partial charge in [-0.2, -0.15) is 0 Å². The standard InChI is InChI=1S/C12H23BrO2.Na/c1-2-3-4-5-6-7-8-9-10-11(13)12(14)15;/h11H,2-10H2,1H3,(H,14,15);/q;+1/p-1. The zero-order valence-corrected chi connectivity index (χ0v) is 14.2. The van der Waals surface area contributed by atoms with Gasteiger partial charge in [0.2, 0.25) is 0 Å². The Hall–Kier alpha value is 0.950. The van der Waals surface area contributed by atoms with Crippen LogP contribution in [-0.4, -0.2) is 10.8 Å². The quantitative estimate of drug-likeness (QED) is 0.325. The fourth-order valence-corrected chi connectivity index (χ4v) is 1.90. The zero-order valence-electron chi connectivity index (χ0n) is 10.6. The van der Waals surface area contributed by atoms with Gasteiger partial charge in [-0.15, -0.1) is 0 Å². The van der Waals surface area contributed by atoms with Crippen molar-refractivity contribution in [1.82, 2.24) is 0 Å². The van der Waals surface area contributed by atoms with Gasteiger partial charge in [-0.05, 0) is 6.42 Å². The molecule has 0 fully saturated rings. The number of alkyl halides is 1. The van der Waals surface area contributed by atoms with Gasteiger partial charge < -0.3 is 9.90 Å². The zero-order chi connectivity index (χ0) is 11.5. The van der Waals surface area contributed by atoms with Gasteiger partial charge in [-0.1, -0.05) is 74.2 Å². The first-order valence-corrected chi connectivity index (χ1v) is 6.95. The average Bonchev–Trinajstić information content (AvgIpc) is 2.21. The number of halogens is 1. The molecule has 0 radical (unpaired) electrons. The smallest absolute Gasteiger partial charge is 0.549 e. The maximum Gasteiger partial charge on any atom is 1.00 e. The van der Waals surface area contributed by atoms with Crippen molar-refractivity contribution in [2.45, 2.75) is 69.5 Å². The fourth-order valence-electron chi connectivity index (χ4n) is 1.58. The first kappa shape index (κ1) is 19.3. The monoisotopic (exact) mass is 300 g/mol. The molecule has 90 valence electrons. The van der Waals surface area contributed by atoms with E-state index in [2.05, 4.69) is 22.9 Å². The molecule has 0 aromatic carbocycles. The molecular formula is C12H22BrNaO2. The predicted octanol–water partition coefficient (Wildman–Crippen LogP) is 0.0346. The van der Waals surface area contributed by atoms with Gasteiger partial charge in [0.1, 0.15) is 0 Å². The maximum absolute atomic E-state index is 10.4. The van der Waals surface area contributed by atoms with E-state index in [1.807, 2.05) is 0 Å². The van der Waals surface area contributed by atoms with Gasteiger partial charge in [0, 0.05) is 0 Å². The van der Waals surface area contributed by atoms with Crippen LogP contribution in [0.15, 0.2) is 0 Å². The molecule has 0 aliphatic rings. The molecule has 0 heterocycles. The van der Waals surface area contributed by atoms with Gasteiger partial charge in [0.15, 0.2) is 0 Å². The van der Waals surface area contributed by atoms with Crippen molar-refractivity contribution in [2.75, 3.05) is 0 Å². The van der Waals surface area contributed by atoms with E-state index in [0.29, 0.717) is 6.42 Å². The van der Waals surface area contributed by atoms with Crippen molar-refractivity contribution in [3.8, 4) is 0 Å². The van der Waals surface area contributed by atoms with Crippen LogP contribution in [0.5, 0.6) is 0 Å². The second-order valence-electron chi connectivity index (χ2n) is 4.05. The largest absolute Gasteiger partial charge is 1.00 e. The van der Waals surface area contributed by atoms with E-state index >= 15 is 0 Å². The summed E-state index contributed by atoms with van der Waals surface area (Å²) in [5.41, 5.74) is 0. The van der Waals surface area contributed by atoms with E-state index in [-0.39, 0.29) is 29.6 Å². The van der Waals surface area contributed by atoms with Crippen molar-refractivity contribution < 1.29 is 39.5 Å². The molecule has 0 amide bonds. The third kappa shape index (κ3) is 13.0. The summed E-state index contributed by atoms with van der Waals surface area (Å²) < 4.78 is 0. The van der Waals surface area contributed by atoms with Gasteiger partial charge in [0.05, 0.1) is 10.8 Å². The van der Waals surface area contributed by atoms with Crippen molar-refractivity contribution >= 4 is 21.9 Å². The van der Waals surface area contributed by atoms with Crippen LogP contribution in [0.3, 0.4) is 0 Å². The van der Waals surface area contributed by atoms with Gasteiger partial charge >= 0.3 is 29.6 Å². The molecule has 0 aromatic heterocycles. The van der Waals surface area contributed by atoms with E-state index in [1.165, 1.54) is 38.5 Å². The Morgan fingerprint density at radius 1 is 1.06 bits per heavy atom. The summed E-state index contributed by atoms with van der Waals surface area (Å²) in [5.74, 6) is -0.988.